The van der Waals surface area contributed by atoms with Gasteiger partial charge in [-0.25, -0.2) is 9.59 Å². The minimum atomic E-state index is -2.04. The van der Waals surface area contributed by atoms with E-state index in [0.29, 0.717) is 25.1 Å². The third-order valence-corrected chi connectivity index (χ3v) is 7.44. The van der Waals surface area contributed by atoms with Crippen molar-refractivity contribution in [2.24, 2.45) is 0 Å². The first-order valence-corrected chi connectivity index (χ1v) is 10.4. The number of thioether (sulfide) groups is 1. The number of nitrogens with one attached hydrogen (secondary N) is 2. The lowest BCUT2D eigenvalue weighted by Gasteiger charge is -2.25. The Bertz CT molecular complexity index is 762. The first kappa shape index (κ1) is 19.0. The van der Waals surface area contributed by atoms with E-state index in [2.05, 4.69) is 55.8 Å². The zero-order valence-corrected chi connectivity index (χ0v) is 17.9. The average molecular weight is 587 g/mol. The Morgan fingerprint density at radius 2 is 1.88 bits per heavy atom. The number of carboxylic acids is 2. The van der Waals surface area contributed by atoms with E-state index in [4.69, 9.17) is 5.73 Å². The number of benzene rings is 1. The van der Waals surface area contributed by atoms with E-state index in [9.17, 15) is 19.8 Å². The zero-order chi connectivity index (χ0) is 18.4. The molecule has 3 rings (SSSR count). The van der Waals surface area contributed by atoms with Gasteiger partial charge in [-0.2, -0.15) is 0 Å². The summed E-state index contributed by atoms with van der Waals surface area (Å²) in [7, 11) is 0. The van der Waals surface area contributed by atoms with Crippen LogP contribution in [0.3, 0.4) is 0 Å². The Balaban J connectivity index is 1.88. The standard InChI is InChI=1S/C15H15I2N3O4S/c16-7-3-6(4-8(17)11(7)18)5-10-12-9(1-2-19-10)20-15(25-12,13(21)22)14(23)24/h3-4,10,19-20H,1-2,5,18H2,(H,21,22)(H,23,24). The summed E-state index contributed by atoms with van der Waals surface area (Å²) < 4.78 is 1.93. The average Bonchev–Trinajstić information content (AvgIpc) is 2.95. The Morgan fingerprint density at radius 1 is 1.28 bits per heavy atom. The molecule has 0 amide bonds. The van der Waals surface area contributed by atoms with Crippen LogP contribution in [0.4, 0.5) is 5.69 Å². The molecule has 1 aromatic carbocycles. The monoisotopic (exact) mass is 587 g/mol. The van der Waals surface area contributed by atoms with Crippen molar-refractivity contribution in [1.29, 1.82) is 0 Å². The molecule has 0 radical (unpaired) electrons. The number of hydrogen-bond donors (Lipinski definition) is 5. The maximum Gasteiger partial charge on any atom is 0.352 e. The largest absolute Gasteiger partial charge is 0.478 e. The molecule has 25 heavy (non-hydrogen) atoms. The topological polar surface area (TPSA) is 125 Å². The van der Waals surface area contributed by atoms with Crippen molar-refractivity contribution in [2.75, 3.05) is 12.3 Å². The van der Waals surface area contributed by atoms with Gasteiger partial charge in [-0.3, -0.25) is 0 Å². The van der Waals surface area contributed by atoms with Crippen molar-refractivity contribution in [1.82, 2.24) is 10.6 Å². The third-order valence-electron chi connectivity index (χ3n) is 4.15. The van der Waals surface area contributed by atoms with Crippen molar-refractivity contribution in [3.05, 3.63) is 35.4 Å². The van der Waals surface area contributed by atoms with E-state index >= 15 is 0 Å². The third kappa shape index (κ3) is 3.45. The molecule has 134 valence electrons. The first-order chi connectivity index (χ1) is 11.7. The highest BCUT2D eigenvalue weighted by Crippen LogP contribution is 2.44. The molecule has 1 unspecified atom stereocenters. The number of anilines is 1. The number of nitrogens with two attached hydrogens (primary N) is 1. The van der Waals surface area contributed by atoms with E-state index in [1.807, 2.05) is 12.1 Å². The fraction of sp³-hybridized carbons (Fsp3) is 0.333. The second-order valence-corrected chi connectivity index (χ2v) is 9.38. The molecule has 2 aliphatic rings. The number of carboxylic acid groups (broad SMARTS) is 2. The number of rotatable bonds is 4. The summed E-state index contributed by atoms with van der Waals surface area (Å²) in [6.07, 6.45) is 1.22. The molecular formula is C15H15I2N3O4S. The highest BCUT2D eigenvalue weighted by molar-refractivity contribution is 14.1. The Kier molecular flexibility index (Phi) is 5.42. The highest BCUT2D eigenvalue weighted by Gasteiger charge is 2.54. The van der Waals surface area contributed by atoms with Crippen LogP contribution in [0.2, 0.25) is 0 Å². The molecule has 10 heteroatoms. The fourth-order valence-electron chi connectivity index (χ4n) is 2.90. The van der Waals surface area contributed by atoms with E-state index < -0.39 is 16.8 Å². The van der Waals surface area contributed by atoms with Gasteiger partial charge in [0.2, 0.25) is 0 Å². The smallest absolute Gasteiger partial charge is 0.352 e. The summed E-state index contributed by atoms with van der Waals surface area (Å²) in [5.41, 5.74) is 8.51. The van der Waals surface area contributed by atoms with Crippen molar-refractivity contribution in [3.8, 4) is 0 Å². The van der Waals surface area contributed by atoms with Gasteiger partial charge in [-0.15, -0.1) is 0 Å². The molecule has 1 aromatic rings. The molecular weight excluding hydrogens is 572 g/mol. The van der Waals surface area contributed by atoms with E-state index in [0.717, 1.165) is 35.1 Å². The number of nitrogen functional groups attached to an aromatic ring is 1. The summed E-state index contributed by atoms with van der Waals surface area (Å²) in [5.74, 6) is -2.79. The maximum absolute atomic E-state index is 11.6. The molecule has 6 N–H and O–H groups in total. The predicted molar refractivity (Wildman–Crippen MR) is 112 cm³/mol. The van der Waals surface area contributed by atoms with Crippen LogP contribution in [0.1, 0.15) is 12.0 Å². The van der Waals surface area contributed by atoms with Crippen molar-refractivity contribution >= 4 is 74.6 Å². The van der Waals surface area contributed by atoms with Crippen LogP contribution in [-0.2, 0) is 16.0 Å². The molecule has 0 saturated carbocycles. The molecule has 0 aromatic heterocycles. The minimum absolute atomic E-state index is 0.128. The second-order valence-electron chi connectivity index (χ2n) is 5.80. The molecule has 7 nitrogen and oxygen atoms in total. The van der Waals surface area contributed by atoms with Crippen LogP contribution in [0.25, 0.3) is 0 Å². The predicted octanol–water partition coefficient (Wildman–Crippen LogP) is 1.80. The van der Waals surface area contributed by atoms with Gasteiger partial charge in [0, 0.05) is 36.7 Å². The van der Waals surface area contributed by atoms with Crippen LogP contribution < -0.4 is 16.4 Å². The maximum atomic E-state index is 11.6. The Labute approximate surface area is 175 Å². The molecule has 1 atom stereocenters. The van der Waals surface area contributed by atoms with E-state index in [-0.39, 0.29) is 6.04 Å². The van der Waals surface area contributed by atoms with Gasteiger partial charge >= 0.3 is 11.9 Å². The van der Waals surface area contributed by atoms with Gasteiger partial charge in [0.25, 0.3) is 4.87 Å². The SMILES string of the molecule is Nc1c(I)cc(CC2NCCC3=C2SC(C(=O)O)(C(=O)O)N3)cc1I. The summed E-state index contributed by atoms with van der Waals surface area (Å²) in [6.45, 7) is 0.662. The Morgan fingerprint density at radius 3 is 2.44 bits per heavy atom. The van der Waals surface area contributed by atoms with Crippen LogP contribution in [0.15, 0.2) is 22.7 Å². The fourth-order valence-corrected chi connectivity index (χ4v) is 6.06. The van der Waals surface area contributed by atoms with Gasteiger partial charge in [0.15, 0.2) is 0 Å². The van der Waals surface area contributed by atoms with Gasteiger partial charge in [0.05, 0.1) is 5.69 Å². The van der Waals surface area contributed by atoms with Gasteiger partial charge < -0.3 is 26.6 Å². The minimum Gasteiger partial charge on any atom is -0.478 e. The summed E-state index contributed by atoms with van der Waals surface area (Å²) in [4.78, 5) is 21.9. The van der Waals surface area contributed by atoms with Gasteiger partial charge in [-0.1, -0.05) is 11.8 Å². The van der Waals surface area contributed by atoms with Crippen molar-refractivity contribution in [2.45, 2.75) is 23.8 Å². The molecule has 2 heterocycles. The number of carbonyl (C=O) groups is 2. The zero-order valence-electron chi connectivity index (χ0n) is 12.8. The number of hydrogen-bond acceptors (Lipinski definition) is 6. The van der Waals surface area contributed by atoms with Crippen LogP contribution in [-0.4, -0.2) is 39.6 Å². The highest BCUT2D eigenvalue weighted by atomic mass is 127. The van der Waals surface area contributed by atoms with Crippen molar-refractivity contribution in [3.63, 3.8) is 0 Å². The van der Waals surface area contributed by atoms with Crippen LogP contribution in [0, 0.1) is 7.14 Å². The lowest BCUT2D eigenvalue weighted by molar-refractivity contribution is -0.152. The lowest BCUT2D eigenvalue weighted by atomic mass is 10.0. The molecule has 2 aliphatic heterocycles. The normalized spacial score (nSPS) is 21.6. The quantitative estimate of drug-likeness (QED) is 0.206. The molecule has 0 bridgehead atoms. The lowest BCUT2D eigenvalue weighted by Crippen LogP contribution is -2.52. The molecule has 0 aliphatic carbocycles. The van der Waals surface area contributed by atoms with Gasteiger partial charge in [0.1, 0.15) is 0 Å². The van der Waals surface area contributed by atoms with E-state index in [1.165, 1.54) is 0 Å². The number of aliphatic carboxylic acids is 2. The summed E-state index contributed by atoms with van der Waals surface area (Å²) in [5, 5.41) is 25.0. The van der Waals surface area contributed by atoms with E-state index in [1.54, 1.807) is 0 Å². The van der Waals surface area contributed by atoms with Gasteiger partial charge in [-0.05, 0) is 69.3 Å². The summed E-state index contributed by atoms with van der Waals surface area (Å²) >= 11 is 5.25. The number of halogens is 2. The van der Waals surface area contributed by atoms with Crippen LogP contribution in [0.5, 0.6) is 0 Å². The second kappa shape index (κ2) is 7.12. The summed E-state index contributed by atoms with van der Waals surface area (Å²) in [6, 6.07) is 3.88. The molecule has 0 saturated heterocycles. The Hall–Kier alpha value is -0.730. The van der Waals surface area contributed by atoms with Crippen LogP contribution >= 0.6 is 56.9 Å². The molecule has 0 fully saturated rings. The molecule has 0 spiro atoms. The van der Waals surface area contributed by atoms with Crippen molar-refractivity contribution < 1.29 is 19.8 Å². The first-order valence-electron chi connectivity index (χ1n) is 7.38.